The summed E-state index contributed by atoms with van der Waals surface area (Å²) in [6, 6.07) is 10.0. The van der Waals surface area contributed by atoms with E-state index in [-0.39, 0.29) is 5.92 Å². The van der Waals surface area contributed by atoms with Crippen LogP contribution in [-0.2, 0) is 0 Å². The normalized spacial score (nSPS) is 12.4. The molecule has 2 aromatic heterocycles. The summed E-state index contributed by atoms with van der Waals surface area (Å²) in [5.41, 5.74) is 11.1. The van der Waals surface area contributed by atoms with Crippen molar-refractivity contribution in [2.75, 3.05) is 20.8 Å². The van der Waals surface area contributed by atoms with Crippen molar-refractivity contribution in [3.63, 3.8) is 0 Å². The number of imidazole rings is 1. The summed E-state index contributed by atoms with van der Waals surface area (Å²) in [6.07, 6.45) is 2.06. The Morgan fingerprint density at radius 1 is 1.12 bits per heavy atom. The van der Waals surface area contributed by atoms with E-state index in [1.54, 1.807) is 14.2 Å². The maximum absolute atomic E-state index is 5.95. The van der Waals surface area contributed by atoms with Crippen molar-refractivity contribution in [2.24, 2.45) is 5.73 Å². The molecule has 0 fully saturated rings. The zero-order valence-corrected chi connectivity index (χ0v) is 14.5. The number of benzene rings is 1. The van der Waals surface area contributed by atoms with Gasteiger partial charge in [-0.25, -0.2) is 4.98 Å². The van der Waals surface area contributed by atoms with Crippen LogP contribution in [0.1, 0.15) is 24.1 Å². The molecular weight excluding hydrogens is 302 g/mol. The topological polar surface area (TPSA) is 61.8 Å². The Labute approximate surface area is 142 Å². The van der Waals surface area contributed by atoms with Gasteiger partial charge in [0.25, 0.3) is 0 Å². The maximum Gasteiger partial charge on any atom is 0.161 e. The number of methoxy groups -OCH3 is 2. The molecule has 3 aromatic rings. The average Bonchev–Trinajstić information content (AvgIpc) is 2.98. The van der Waals surface area contributed by atoms with Gasteiger partial charge in [-0.1, -0.05) is 6.92 Å². The molecule has 0 radical (unpaired) electrons. The zero-order valence-electron chi connectivity index (χ0n) is 14.5. The molecule has 0 amide bonds. The highest BCUT2D eigenvalue weighted by molar-refractivity contribution is 5.70. The van der Waals surface area contributed by atoms with E-state index in [1.165, 1.54) is 5.56 Å². The molecule has 5 heteroatoms. The van der Waals surface area contributed by atoms with Crippen molar-refractivity contribution in [3.05, 3.63) is 47.8 Å². The molecular formula is C19H23N3O2. The van der Waals surface area contributed by atoms with Crippen LogP contribution >= 0.6 is 0 Å². The molecule has 126 valence electrons. The fourth-order valence-corrected chi connectivity index (χ4v) is 2.94. The number of nitrogens with two attached hydrogens (primary N) is 1. The molecule has 0 saturated carbocycles. The lowest BCUT2D eigenvalue weighted by Gasteiger charge is -2.13. The minimum absolute atomic E-state index is 0.186. The third kappa shape index (κ3) is 2.71. The highest BCUT2D eigenvalue weighted by Crippen LogP contribution is 2.35. The van der Waals surface area contributed by atoms with Crippen molar-refractivity contribution >= 4 is 5.65 Å². The lowest BCUT2D eigenvalue weighted by molar-refractivity contribution is 0.355. The molecule has 0 aliphatic carbocycles. The van der Waals surface area contributed by atoms with Gasteiger partial charge >= 0.3 is 0 Å². The second-order valence-electron chi connectivity index (χ2n) is 5.98. The van der Waals surface area contributed by atoms with Crippen LogP contribution in [0.4, 0.5) is 0 Å². The van der Waals surface area contributed by atoms with Gasteiger partial charge in [0.2, 0.25) is 0 Å². The summed E-state index contributed by atoms with van der Waals surface area (Å²) < 4.78 is 12.9. The predicted octanol–water partition coefficient (Wildman–Crippen LogP) is 3.39. The van der Waals surface area contributed by atoms with Crippen LogP contribution in [0.15, 0.2) is 36.5 Å². The van der Waals surface area contributed by atoms with Gasteiger partial charge in [0.05, 0.1) is 25.6 Å². The van der Waals surface area contributed by atoms with Crippen molar-refractivity contribution in [1.29, 1.82) is 0 Å². The largest absolute Gasteiger partial charge is 0.493 e. The summed E-state index contributed by atoms with van der Waals surface area (Å²) in [7, 11) is 3.27. The standard InChI is InChI=1S/C19H23N3O2/c1-12-7-8-22-17(9-12)21-18(19(22)13(2)11-20)14-5-6-15(23-3)16(10-14)24-4/h5-10,13H,11,20H2,1-4H3. The van der Waals surface area contributed by atoms with Crippen molar-refractivity contribution < 1.29 is 9.47 Å². The number of aromatic nitrogens is 2. The second-order valence-corrected chi connectivity index (χ2v) is 5.98. The summed E-state index contributed by atoms with van der Waals surface area (Å²) in [6.45, 7) is 4.74. The van der Waals surface area contributed by atoms with Crippen LogP contribution < -0.4 is 15.2 Å². The SMILES string of the molecule is COc1ccc(-c2nc3cc(C)ccn3c2C(C)CN)cc1OC. The molecule has 2 N–H and O–H groups in total. The first kappa shape index (κ1) is 16.3. The van der Waals surface area contributed by atoms with E-state index in [0.717, 1.165) is 22.6 Å². The minimum atomic E-state index is 0.186. The number of hydrogen-bond acceptors (Lipinski definition) is 4. The smallest absolute Gasteiger partial charge is 0.161 e. The Kier molecular flexibility index (Phi) is 4.44. The third-order valence-corrected chi connectivity index (χ3v) is 4.30. The number of pyridine rings is 1. The Hall–Kier alpha value is -2.53. The van der Waals surface area contributed by atoms with E-state index < -0.39 is 0 Å². The van der Waals surface area contributed by atoms with Crippen LogP contribution in [0.25, 0.3) is 16.9 Å². The molecule has 1 atom stereocenters. The van der Waals surface area contributed by atoms with Crippen molar-refractivity contribution in [2.45, 2.75) is 19.8 Å². The van der Waals surface area contributed by atoms with E-state index in [4.69, 9.17) is 20.2 Å². The van der Waals surface area contributed by atoms with E-state index in [1.807, 2.05) is 18.2 Å². The van der Waals surface area contributed by atoms with Gasteiger partial charge in [0.1, 0.15) is 5.65 Å². The first-order valence-corrected chi connectivity index (χ1v) is 8.00. The molecule has 0 aliphatic rings. The number of fused-ring (bicyclic) bond motifs is 1. The van der Waals surface area contributed by atoms with Gasteiger partial charge in [0.15, 0.2) is 11.5 Å². The monoisotopic (exact) mass is 325 g/mol. The van der Waals surface area contributed by atoms with Crippen LogP contribution in [0.5, 0.6) is 11.5 Å². The highest BCUT2D eigenvalue weighted by Gasteiger charge is 2.19. The van der Waals surface area contributed by atoms with Gasteiger partial charge < -0.3 is 19.6 Å². The van der Waals surface area contributed by atoms with Gasteiger partial charge in [-0.05, 0) is 42.8 Å². The quantitative estimate of drug-likeness (QED) is 0.781. The van der Waals surface area contributed by atoms with Gasteiger partial charge in [0, 0.05) is 24.2 Å². The third-order valence-electron chi connectivity index (χ3n) is 4.30. The average molecular weight is 325 g/mol. The number of ether oxygens (including phenoxy) is 2. The molecule has 3 rings (SSSR count). The Balaban J connectivity index is 2.25. The summed E-state index contributed by atoms with van der Waals surface area (Å²) in [5, 5.41) is 0. The number of nitrogens with zero attached hydrogens (tertiary/aromatic N) is 2. The minimum Gasteiger partial charge on any atom is -0.493 e. The van der Waals surface area contributed by atoms with Crippen LogP contribution in [-0.4, -0.2) is 30.1 Å². The van der Waals surface area contributed by atoms with E-state index in [0.29, 0.717) is 18.0 Å². The number of rotatable bonds is 5. The molecule has 0 aliphatic heterocycles. The first-order valence-electron chi connectivity index (χ1n) is 8.00. The molecule has 2 heterocycles. The summed E-state index contributed by atoms with van der Waals surface area (Å²) in [4.78, 5) is 4.85. The predicted molar refractivity (Wildman–Crippen MR) is 95.9 cm³/mol. The van der Waals surface area contributed by atoms with Gasteiger partial charge in [-0.15, -0.1) is 0 Å². The molecule has 1 aromatic carbocycles. The Morgan fingerprint density at radius 2 is 1.88 bits per heavy atom. The number of aryl methyl sites for hydroxylation is 1. The molecule has 0 bridgehead atoms. The molecule has 5 nitrogen and oxygen atoms in total. The van der Waals surface area contributed by atoms with E-state index >= 15 is 0 Å². The van der Waals surface area contributed by atoms with Crippen molar-refractivity contribution in [3.8, 4) is 22.8 Å². The summed E-state index contributed by atoms with van der Waals surface area (Å²) in [5.74, 6) is 1.58. The van der Waals surface area contributed by atoms with Gasteiger partial charge in [-0.3, -0.25) is 0 Å². The van der Waals surface area contributed by atoms with Crippen LogP contribution in [0.2, 0.25) is 0 Å². The van der Waals surface area contributed by atoms with Gasteiger partial charge in [-0.2, -0.15) is 0 Å². The lowest BCUT2D eigenvalue weighted by Crippen LogP contribution is -2.12. The summed E-state index contributed by atoms with van der Waals surface area (Å²) >= 11 is 0. The Morgan fingerprint density at radius 3 is 2.54 bits per heavy atom. The molecule has 1 unspecified atom stereocenters. The zero-order chi connectivity index (χ0) is 17.3. The van der Waals surface area contributed by atoms with E-state index in [2.05, 4.69) is 36.6 Å². The molecule has 0 saturated heterocycles. The lowest BCUT2D eigenvalue weighted by atomic mass is 10.0. The Bertz CT molecular complexity index is 870. The maximum atomic E-state index is 5.95. The molecule has 0 spiro atoms. The van der Waals surface area contributed by atoms with Crippen LogP contribution in [0.3, 0.4) is 0 Å². The fourth-order valence-electron chi connectivity index (χ4n) is 2.94. The van der Waals surface area contributed by atoms with E-state index in [9.17, 15) is 0 Å². The highest BCUT2D eigenvalue weighted by atomic mass is 16.5. The molecule has 24 heavy (non-hydrogen) atoms. The first-order chi connectivity index (χ1) is 11.6. The fraction of sp³-hybridized carbons (Fsp3) is 0.316. The van der Waals surface area contributed by atoms with Crippen molar-refractivity contribution in [1.82, 2.24) is 9.38 Å². The van der Waals surface area contributed by atoms with Crippen LogP contribution in [0, 0.1) is 6.92 Å². The second kappa shape index (κ2) is 6.53. The number of hydrogen-bond donors (Lipinski definition) is 1.